The van der Waals surface area contributed by atoms with Gasteiger partial charge in [-0.3, -0.25) is 0 Å². The summed E-state index contributed by atoms with van der Waals surface area (Å²) in [5, 5.41) is 7.74. The number of nitrogens with zero attached hydrogens (tertiary/aromatic N) is 1. The third-order valence-electron chi connectivity index (χ3n) is 1.93. The van der Waals surface area contributed by atoms with Crippen LogP contribution in [0, 0.1) is 0 Å². The van der Waals surface area contributed by atoms with Gasteiger partial charge in [0, 0.05) is 0 Å². The van der Waals surface area contributed by atoms with Crippen molar-refractivity contribution >= 4 is 6.08 Å². The summed E-state index contributed by atoms with van der Waals surface area (Å²) in [6, 6.07) is 0. The van der Waals surface area contributed by atoms with Gasteiger partial charge in [0.2, 0.25) is 17.9 Å². The lowest BCUT2D eigenvalue weighted by Gasteiger charge is -2.35. The maximum Gasteiger partial charge on any atom is 0.420 e. The number of rotatable bonds is 6. The molecule has 18 heavy (non-hydrogen) atoms. The zero-order valence-electron chi connectivity index (χ0n) is 8.19. The molecule has 0 rings (SSSR count). The van der Waals surface area contributed by atoms with Crippen LogP contribution in [0.5, 0.6) is 0 Å². The van der Waals surface area contributed by atoms with E-state index in [1.165, 1.54) is 0 Å². The molecule has 106 valence electrons. The van der Waals surface area contributed by atoms with E-state index in [1.54, 1.807) is 0 Å². The monoisotopic (exact) mass is 287 g/mol. The van der Waals surface area contributed by atoms with E-state index in [2.05, 4.69) is 0 Å². The maximum atomic E-state index is 13.4. The molecule has 0 saturated carbocycles. The number of carbonyl (C=O) groups excluding carboxylic acids is 1. The molecular formula is C7H5F8NO2. The first-order valence-electron chi connectivity index (χ1n) is 4.04. The van der Waals surface area contributed by atoms with Crippen molar-refractivity contribution in [1.29, 1.82) is 0 Å². The van der Waals surface area contributed by atoms with E-state index in [-0.39, 0.29) is 0 Å². The molecule has 0 spiro atoms. The fourth-order valence-corrected chi connectivity index (χ4v) is 0.957. The van der Waals surface area contributed by atoms with Crippen LogP contribution in [0.4, 0.5) is 35.1 Å². The summed E-state index contributed by atoms with van der Waals surface area (Å²) < 4.78 is 99.4. The number of aliphatic hydroxyl groups is 1. The molecule has 0 aliphatic rings. The predicted octanol–water partition coefficient (Wildman–Crippen LogP) is 1.85. The molecule has 3 nitrogen and oxygen atoms in total. The zero-order valence-corrected chi connectivity index (χ0v) is 8.19. The highest BCUT2D eigenvalue weighted by atomic mass is 19.3. The zero-order chi connectivity index (χ0) is 14.8. The van der Waals surface area contributed by atoms with Crippen LogP contribution in [0.2, 0.25) is 0 Å². The van der Waals surface area contributed by atoms with Gasteiger partial charge in [0.25, 0.3) is 6.43 Å². The van der Waals surface area contributed by atoms with Gasteiger partial charge < -0.3 is 5.11 Å². The van der Waals surface area contributed by atoms with Gasteiger partial charge in [-0.2, -0.15) is 17.6 Å². The van der Waals surface area contributed by atoms with Crippen molar-refractivity contribution in [2.24, 2.45) is 4.99 Å². The first-order valence-corrected chi connectivity index (χ1v) is 4.04. The smallest absolute Gasteiger partial charge is 0.331 e. The molecule has 0 aliphatic carbocycles. The van der Waals surface area contributed by atoms with E-state index in [0.29, 0.717) is 6.08 Å². The van der Waals surface area contributed by atoms with Crippen molar-refractivity contribution < 1.29 is 45.0 Å². The average Bonchev–Trinajstić information content (AvgIpc) is 2.22. The lowest BCUT2D eigenvalue weighted by molar-refractivity contribution is -0.370. The molecule has 0 aromatic heterocycles. The fourth-order valence-electron chi connectivity index (χ4n) is 0.957. The van der Waals surface area contributed by atoms with Crippen LogP contribution < -0.4 is 0 Å². The maximum absolute atomic E-state index is 13.4. The van der Waals surface area contributed by atoms with E-state index in [4.69, 9.17) is 5.11 Å². The average molecular weight is 287 g/mol. The van der Waals surface area contributed by atoms with Gasteiger partial charge in [0.05, 0.1) is 6.54 Å². The summed E-state index contributed by atoms with van der Waals surface area (Å²) >= 11 is 0. The Balaban J connectivity index is 5.68. The molecule has 0 fully saturated rings. The third kappa shape index (κ3) is 2.78. The molecule has 0 aromatic carbocycles. The Bertz CT molecular complexity index is 337. The number of hydrogen-bond acceptors (Lipinski definition) is 3. The Kier molecular flexibility index (Phi) is 4.84. The standard InChI is InChI=1S/C7H5F8NO2/c8-3(4(9)10)5(11,1-16-2-17)6(12,13)7(14,15)18/h3-4,18H,1H2. The quantitative estimate of drug-likeness (QED) is 0.460. The predicted molar refractivity (Wildman–Crippen MR) is 39.8 cm³/mol. The molecule has 1 N–H and O–H groups in total. The molecule has 0 saturated heterocycles. The molecule has 2 unspecified atom stereocenters. The first-order chi connectivity index (χ1) is 7.91. The van der Waals surface area contributed by atoms with Gasteiger partial charge in [-0.1, -0.05) is 0 Å². The van der Waals surface area contributed by atoms with E-state index >= 15 is 0 Å². The molecule has 0 amide bonds. The van der Waals surface area contributed by atoms with Crippen molar-refractivity contribution in [2.75, 3.05) is 6.54 Å². The summed E-state index contributed by atoms with van der Waals surface area (Å²) in [5.74, 6) is -6.23. The molecule has 0 heterocycles. The summed E-state index contributed by atoms with van der Waals surface area (Å²) in [6.45, 7) is -2.36. The molecule has 0 aromatic rings. The molecule has 0 aliphatic heterocycles. The van der Waals surface area contributed by atoms with Gasteiger partial charge >= 0.3 is 12.0 Å². The van der Waals surface area contributed by atoms with Crippen molar-refractivity contribution in [1.82, 2.24) is 0 Å². The summed E-state index contributed by atoms with van der Waals surface area (Å²) in [7, 11) is 0. The number of aliphatic imine (C=N–C) groups is 1. The van der Waals surface area contributed by atoms with E-state index in [9.17, 15) is 39.9 Å². The topological polar surface area (TPSA) is 49.7 Å². The van der Waals surface area contributed by atoms with Crippen LogP contribution in [0.15, 0.2) is 4.99 Å². The van der Waals surface area contributed by atoms with Crippen molar-refractivity contribution in [3.63, 3.8) is 0 Å². The van der Waals surface area contributed by atoms with E-state index < -0.39 is 36.8 Å². The first kappa shape index (κ1) is 16.8. The lowest BCUT2D eigenvalue weighted by Crippen LogP contribution is -2.63. The van der Waals surface area contributed by atoms with Crippen LogP contribution in [-0.2, 0) is 4.79 Å². The molecule has 11 heteroatoms. The highest BCUT2D eigenvalue weighted by Gasteiger charge is 2.74. The van der Waals surface area contributed by atoms with Crippen LogP contribution in [-0.4, -0.2) is 48.0 Å². The SMILES string of the molecule is O=C=NCC(F)(C(F)C(F)F)C(F)(F)C(O)(F)F. The minimum atomic E-state index is -6.23. The largest absolute Gasteiger partial charge is 0.420 e. The summed E-state index contributed by atoms with van der Waals surface area (Å²) in [4.78, 5) is 11.6. The highest BCUT2D eigenvalue weighted by Crippen LogP contribution is 2.47. The van der Waals surface area contributed by atoms with Gasteiger partial charge in [0.1, 0.15) is 0 Å². The Hall–Kier alpha value is -1.22. The van der Waals surface area contributed by atoms with Crippen molar-refractivity contribution in [2.45, 2.75) is 30.3 Å². The fraction of sp³-hybridized carbons (Fsp3) is 0.857. The minimum Gasteiger partial charge on any atom is -0.331 e. The van der Waals surface area contributed by atoms with Gasteiger partial charge in [0.15, 0.2) is 0 Å². The van der Waals surface area contributed by atoms with Crippen LogP contribution >= 0.6 is 0 Å². The van der Waals surface area contributed by atoms with Gasteiger partial charge in [-0.05, 0) is 0 Å². The van der Waals surface area contributed by atoms with Crippen LogP contribution in [0.25, 0.3) is 0 Å². The molecule has 0 radical (unpaired) electrons. The Labute approximate surface area is 94.1 Å². The Morgan fingerprint density at radius 3 is 1.83 bits per heavy atom. The Morgan fingerprint density at radius 2 is 1.56 bits per heavy atom. The van der Waals surface area contributed by atoms with Crippen molar-refractivity contribution in [3.8, 4) is 0 Å². The minimum absolute atomic E-state index is 0.404. The van der Waals surface area contributed by atoms with Gasteiger partial charge in [-0.15, -0.1) is 0 Å². The number of isocyanates is 1. The molecule has 0 bridgehead atoms. The number of alkyl halides is 8. The third-order valence-corrected chi connectivity index (χ3v) is 1.93. The lowest BCUT2D eigenvalue weighted by atomic mass is 9.91. The molecular weight excluding hydrogens is 282 g/mol. The Morgan fingerprint density at radius 1 is 1.11 bits per heavy atom. The summed E-state index contributed by atoms with van der Waals surface area (Å²) in [6.07, 6.45) is -14.5. The molecule has 2 atom stereocenters. The second-order valence-corrected chi connectivity index (χ2v) is 3.12. The van der Waals surface area contributed by atoms with Crippen LogP contribution in [0.3, 0.4) is 0 Å². The highest BCUT2D eigenvalue weighted by molar-refractivity contribution is 5.33. The second-order valence-electron chi connectivity index (χ2n) is 3.12. The normalized spacial score (nSPS) is 18.1. The van der Waals surface area contributed by atoms with Gasteiger partial charge in [-0.25, -0.2) is 27.3 Å². The number of halogens is 8. The second kappa shape index (κ2) is 5.19. The van der Waals surface area contributed by atoms with Crippen molar-refractivity contribution in [3.05, 3.63) is 0 Å². The van der Waals surface area contributed by atoms with E-state index in [1.807, 2.05) is 4.99 Å². The van der Waals surface area contributed by atoms with Crippen LogP contribution in [0.1, 0.15) is 0 Å². The summed E-state index contributed by atoms with van der Waals surface area (Å²) in [5.41, 5.74) is -5.27. The van der Waals surface area contributed by atoms with E-state index in [0.717, 1.165) is 0 Å². The number of hydrogen-bond donors (Lipinski definition) is 1.